The van der Waals surface area contributed by atoms with E-state index >= 15 is 0 Å². The molecule has 3 nitrogen and oxygen atoms in total. The second kappa shape index (κ2) is 10.9. The van der Waals surface area contributed by atoms with Crippen molar-refractivity contribution >= 4 is 5.97 Å². The van der Waals surface area contributed by atoms with E-state index < -0.39 is 18.5 Å². The lowest BCUT2D eigenvalue weighted by Crippen LogP contribution is -2.47. The van der Waals surface area contributed by atoms with Crippen LogP contribution in [0.15, 0.2) is 30.3 Å². The van der Waals surface area contributed by atoms with E-state index in [0.717, 1.165) is 0 Å². The summed E-state index contributed by atoms with van der Waals surface area (Å²) in [6.07, 6.45) is -10.4. The first-order valence-corrected chi connectivity index (χ1v) is 6.27. The van der Waals surface area contributed by atoms with E-state index in [1.54, 1.807) is 6.92 Å². The Morgan fingerprint density at radius 3 is 1.70 bits per heavy atom. The number of aryl methyl sites for hydroxylation is 1. The summed E-state index contributed by atoms with van der Waals surface area (Å²) in [5.41, 5.74) is 1.32. The Hall–Kier alpha value is -1.77. The van der Waals surface area contributed by atoms with Crippen LogP contribution in [0.4, 0.5) is 26.3 Å². The van der Waals surface area contributed by atoms with Gasteiger partial charge in [-0.3, -0.25) is 4.79 Å². The molecule has 0 aliphatic carbocycles. The lowest BCUT2D eigenvalue weighted by molar-refractivity contribution is -0.352. The van der Waals surface area contributed by atoms with Gasteiger partial charge in [-0.25, -0.2) is 8.78 Å². The molecule has 1 aromatic carbocycles. The predicted octanol–water partition coefficient (Wildman–Crippen LogP) is 4.04. The van der Waals surface area contributed by atoms with E-state index in [4.69, 9.17) is 5.11 Å². The zero-order chi connectivity index (χ0) is 18.7. The van der Waals surface area contributed by atoms with E-state index in [2.05, 4.69) is 23.8 Å². The van der Waals surface area contributed by atoms with E-state index in [1.807, 2.05) is 18.2 Å². The highest BCUT2D eigenvalue weighted by Gasteiger charge is 2.62. The molecule has 1 unspecified atom stereocenters. The largest absolute Gasteiger partial charge is 0.466 e. The summed E-state index contributed by atoms with van der Waals surface area (Å²) in [4.78, 5) is 9.82. The molecule has 0 aliphatic heterocycles. The minimum Gasteiger partial charge on any atom is -0.466 e. The number of benzene rings is 1. The van der Waals surface area contributed by atoms with Crippen LogP contribution in [0.5, 0.6) is 0 Å². The Bertz CT molecular complexity index is 432. The third-order valence-corrected chi connectivity index (χ3v) is 1.97. The Labute approximate surface area is 129 Å². The molecule has 0 aromatic heterocycles. The summed E-state index contributed by atoms with van der Waals surface area (Å²) in [6, 6.07) is 10.3. The molecule has 9 heteroatoms. The van der Waals surface area contributed by atoms with Gasteiger partial charge in [0.1, 0.15) is 0 Å². The summed E-state index contributed by atoms with van der Waals surface area (Å²) in [5.74, 6) is -5.61. The summed E-state index contributed by atoms with van der Waals surface area (Å²) >= 11 is 0. The van der Waals surface area contributed by atoms with Crippen molar-refractivity contribution in [2.75, 3.05) is 6.61 Å². The Kier molecular flexibility index (Phi) is 11.1. The molecule has 0 saturated carbocycles. The van der Waals surface area contributed by atoms with Crippen molar-refractivity contribution in [1.29, 1.82) is 0 Å². The zero-order valence-corrected chi connectivity index (χ0v) is 12.7. The van der Waals surface area contributed by atoms with Crippen molar-refractivity contribution in [3.8, 4) is 0 Å². The monoisotopic (exact) mass is 348 g/mol. The number of carbonyl (C=O) groups excluding carboxylic acids is 1. The number of hydrogen-bond donors (Lipinski definition) is 1. The van der Waals surface area contributed by atoms with Gasteiger partial charge in [0, 0.05) is 6.92 Å². The normalized spacial score (nSPS) is 13.0. The molecule has 0 aliphatic rings. The molecule has 0 spiro atoms. The van der Waals surface area contributed by atoms with Gasteiger partial charge in [0.05, 0.1) is 6.61 Å². The minimum absolute atomic E-state index is 0.211. The highest BCUT2D eigenvalue weighted by molar-refractivity contribution is 5.65. The molecule has 1 atom stereocenters. The summed E-state index contributed by atoms with van der Waals surface area (Å²) in [5, 5.41) is 7.39. The van der Waals surface area contributed by atoms with E-state index in [0.29, 0.717) is 6.61 Å². The number of esters is 1. The second-order valence-corrected chi connectivity index (χ2v) is 4.05. The van der Waals surface area contributed by atoms with Crippen molar-refractivity contribution in [1.82, 2.24) is 0 Å². The van der Waals surface area contributed by atoms with Crippen LogP contribution in [0.1, 0.15) is 19.4 Å². The number of aliphatic hydroxyl groups is 1. The SMILES string of the molecule is CCOC(C)=O.Cc1ccccc1.OC(F)(C(F)F)C(F)(F)F. The average molecular weight is 348 g/mol. The Morgan fingerprint density at radius 2 is 1.61 bits per heavy atom. The molecule has 23 heavy (non-hydrogen) atoms. The fourth-order valence-corrected chi connectivity index (χ4v) is 0.861. The Morgan fingerprint density at radius 1 is 1.17 bits per heavy atom. The van der Waals surface area contributed by atoms with Gasteiger partial charge >= 0.3 is 24.4 Å². The highest BCUT2D eigenvalue weighted by Crippen LogP contribution is 2.36. The fourth-order valence-electron chi connectivity index (χ4n) is 0.861. The van der Waals surface area contributed by atoms with Gasteiger partial charge in [0.25, 0.3) is 0 Å². The molecular formula is C14H18F6O3. The zero-order valence-electron chi connectivity index (χ0n) is 12.7. The molecule has 1 N–H and O–H groups in total. The lowest BCUT2D eigenvalue weighted by atomic mass is 10.2. The molecule has 134 valence electrons. The van der Waals surface area contributed by atoms with Gasteiger partial charge in [0.2, 0.25) is 0 Å². The van der Waals surface area contributed by atoms with Crippen LogP contribution in [0.25, 0.3) is 0 Å². The molecule has 0 radical (unpaired) electrons. The highest BCUT2D eigenvalue weighted by atomic mass is 19.4. The molecule has 0 amide bonds. The molecule has 0 bridgehead atoms. The van der Waals surface area contributed by atoms with E-state index in [9.17, 15) is 31.1 Å². The lowest BCUT2D eigenvalue weighted by Gasteiger charge is -2.20. The molecule has 1 aromatic rings. The van der Waals surface area contributed by atoms with Gasteiger partial charge in [0.15, 0.2) is 0 Å². The predicted molar refractivity (Wildman–Crippen MR) is 71.6 cm³/mol. The standard InChI is InChI=1S/C7H8.C4H8O2.C3H2F6O/c1-7-5-3-2-4-6-7;1-3-6-4(2)5;4-1(5)2(6,10)3(7,8)9/h2-6H,1H3;3H2,1-2H3;1,10H. The van der Waals surface area contributed by atoms with Crippen molar-refractivity contribution in [2.45, 2.75) is 39.2 Å². The quantitative estimate of drug-likeness (QED) is 0.648. The number of alkyl halides is 6. The maximum absolute atomic E-state index is 11.4. The van der Waals surface area contributed by atoms with Crippen molar-refractivity contribution in [3.63, 3.8) is 0 Å². The summed E-state index contributed by atoms with van der Waals surface area (Å²) < 4.78 is 70.7. The average Bonchev–Trinajstić information content (AvgIpc) is 2.39. The van der Waals surface area contributed by atoms with Crippen LogP contribution in [0.2, 0.25) is 0 Å². The molecule has 0 saturated heterocycles. The second-order valence-electron chi connectivity index (χ2n) is 4.05. The Balaban J connectivity index is 0. The first kappa shape index (κ1) is 23.5. The number of rotatable bonds is 2. The first-order chi connectivity index (χ1) is 10.4. The van der Waals surface area contributed by atoms with Crippen molar-refractivity contribution in [2.24, 2.45) is 0 Å². The van der Waals surface area contributed by atoms with Gasteiger partial charge in [-0.2, -0.15) is 17.6 Å². The number of hydrogen-bond acceptors (Lipinski definition) is 3. The number of carbonyl (C=O) groups is 1. The maximum atomic E-state index is 11.4. The number of halogens is 6. The van der Waals surface area contributed by atoms with E-state index in [-0.39, 0.29) is 5.97 Å². The van der Waals surface area contributed by atoms with Crippen LogP contribution in [0.3, 0.4) is 0 Å². The van der Waals surface area contributed by atoms with Gasteiger partial charge in [-0.15, -0.1) is 0 Å². The molecule has 1 rings (SSSR count). The van der Waals surface area contributed by atoms with Gasteiger partial charge < -0.3 is 9.84 Å². The van der Waals surface area contributed by atoms with Crippen LogP contribution >= 0.6 is 0 Å². The first-order valence-electron chi connectivity index (χ1n) is 6.27. The molecule has 0 fully saturated rings. The smallest absolute Gasteiger partial charge is 0.454 e. The van der Waals surface area contributed by atoms with Crippen LogP contribution in [-0.4, -0.2) is 36.1 Å². The number of ether oxygens (including phenoxy) is 1. The molecule has 0 heterocycles. The fraction of sp³-hybridized carbons (Fsp3) is 0.500. The maximum Gasteiger partial charge on any atom is 0.454 e. The summed E-state index contributed by atoms with van der Waals surface area (Å²) in [6.45, 7) is 5.74. The molecular weight excluding hydrogens is 330 g/mol. The van der Waals surface area contributed by atoms with Crippen molar-refractivity contribution < 1.29 is 41.0 Å². The van der Waals surface area contributed by atoms with Crippen LogP contribution in [0, 0.1) is 6.92 Å². The van der Waals surface area contributed by atoms with E-state index in [1.165, 1.54) is 12.5 Å². The van der Waals surface area contributed by atoms with Crippen molar-refractivity contribution in [3.05, 3.63) is 35.9 Å². The van der Waals surface area contributed by atoms with Gasteiger partial charge in [-0.1, -0.05) is 35.9 Å². The third kappa shape index (κ3) is 11.5. The summed E-state index contributed by atoms with van der Waals surface area (Å²) in [7, 11) is 0. The third-order valence-electron chi connectivity index (χ3n) is 1.97. The van der Waals surface area contributed by atoms with Gasteiger partial charge in [-0.05, 0) is 13.8 Å². The topological polar surface area (TPSA) is 46.5 Å². The minimum atomic E-state index is -5.94. The van der Waals surface area contributed by atoms with Crippen LogP contribution in [-0.2, 0) is 9.53 Å². The van der Waals surface area contributed by atoms with Crippen LogP contribution < -0.4 is 0 Å².